The van der Waals surface area contributed by atoms with Gasteiger partial charge in [-0.15, -0.1) is 0 Å². The number of amides is 3. The lowest BCUT2D eigenvalue weighted by molar-refractivity contribution is -0.133. The van der Waals surface area contributed by atoms with Crippen molar-refractivity contribution in [2.24, 2.45) is 11.8 Å². The summed E-state index contributed by atoms with van der Waals surface area (Å²) in [4.78, 5) is 37.3. The van der Waals surface area contributed by atoms with E-state index in [1.807, 2.05) is 0 Å². The maximum absolute atomic E-state index is 13.9. The van der Waals surface area contributed by atoms with Crippen LogP contribution in [0.4, 0.5) is 23.7 Å². The number of benzene rings is 2. The van der Waals surface area contributed by atoms with E-state index < -0.39 is 79.5 Å². The third-order valence-electron chi connectivity index (χ3n) is 8.47. The summed E-state index contributed by atoms with van der Waals surface area (Å²) in [6.45, 7) is 6.39. The number of anilines is 1. The van der Waals surface area contributed by atoms with Crippen LogP contribution in [-0.2, 0) is 19.4 Å². The van der Waals surface area contributed by atoms with Gasteiger partial charge in [0.2, 0.25) is 5.91 Å². The Morgan fingerprint density at radius 2 is 1.65 bits per heavy atom. The predicted molar refractivity (Wildman–Crippen MR) is 164 cm³/mol. The first-order chi connectivity index (χ1) is 21.3. The molecule has 15 heteroatoms. The Bertz CT molecular complexity index is 1600. The third kappa shape index (κ3) is 7.77. The van der Waals surface area contributed by atoms with Crippen LogP contribution in [-0.4, -0.2) is 60.5 Å². The van der Waals surface area contributed by atoms with Crippen molar-refractivity contribution in [3.05, 3.63) is 58.4 Å². The molecule has 10 nitrogen and oxygen atoms in total. The molecule has 2 aromatic rings. The lowest BCUT2D eigenvalue weighted by Crippen LogP contribution is -2.61. The normalized spacial score (nSPS) is 23.6. The van der Waals surface area contributed by atoms with Crippen LogP contribution >= 0.6 is 11.6 Å². The first-order valence-electron chi connectivity index (χ1n) is 14.8. The summed E-state index contributed by atoms with van der Waals surface area (Å²) in [5.74, 6) is -7.13. The van der Waals surface area contributed by atoms with E-state index in [1.165, 1.54) is 19.1 Å². The number of ether oxygens (including phenoxy) is 1. The van der Waals surface area contributed by atoms with Crippen LogP contribution in [0.3, 0.4) is 0 Å². The second-order valence-electron chi connectivity index (χ2n) is 12.9. The van der Waals surface area contributed by atoms with E-state index in [4.69, 9.17) is 16.3 Å². The minimum absolute atomic E-state index is 0.0673. The molecular weight excluding hydrogens is 651 g/mol. The topological polar surface area (TPSA) is 151 Å². The standard InChI is InChI=1S/C31H37ClF3N3O7S/c1-16(37-29(41)45-30(2,3)4)27(39)36-15-31(42)18-6-5-7-19(31)12-21(11-18)46(43,44)25-10-17(8-9-22(25)32)28(40)38-20-13-23(33)26(35)24(34)14-20/h8-10,13-14,16,18-19,21,42H,5-7,11-12,15H2,1-4H3,(H,36,39)(H,37,41)(H,38,40)/t16-,18?,19?,21-,31-/m0/s1. The molecule has 252 valence electrons. The van der Waals surface area contributed by atoms with Crippen LogP contribution in [0.2, 0.25) is 5.02 Å². The summed E-state index contributed by atoms with van der Waals surface area (Å²) in [6, 6.07) is 3.75. The van der Waals surface area contributed by atoms with E-state index in [-0.39, 0.29) is 40.6 Å². The second kappa shape index (κ2) is 13.4. The van der Waals surface area contributed by atoms with Gasteiger partial charge in [0.05, 0.1) is 20.8 Å². The van der Waals surface area contributed by atoms with Crippen LogP contribution in [0.1, 0.15) is 70.2 Å². The van der Waals surface area contributed by atoms with Gasteiger partial charge in [-0.2, -0.15) is 0 Å². The fraction of sp³-hybridized carbons (Fsp3) is 0.516. The maximum Gasteiger partial charge on any atom is 0.408 e. The van der Waals surface area contributed by atoms with Crippen molar-refractivity contribution in [1.29, 1.82) is 0 Å². The summed E-state index contributed by atoms with van der Waals surface area (Å²) in [5, 5.41) is 18.0. The van der Waals surface area contributed by atoms with Crippen molar-refractivity contribution in [2.75, 3.05) is 11.9 Å². The average molecular weight is 688 g/mol. The highest BCUT2D eigenvalue weighted by Crippen LogP contribution is 2.50. The highest BCUT2D eigenvalue weighted by atomic mass is 35.5. The smallest absolute Gasteiger partial charge is 0.408 e. The number of carbonyl (C=O) groups excluding carboxylic acids is 3. The van der Waals surface area contributed by atoms with Gasteiger partial charge < -0.3 is 25.8 Å². The Kier molecular flexibility index (Phi) is 10.3. The first-order valence-corrected chi connectivity index (χ1v) is 16.7. The van der Waals surface area contributed by atoms with Crippen LogP contribution < -0.4 is 16.0 Å². The predicted octanol–water partition coefficient (Wildman–Crippen LogP) is 5.12. The minimum atomic E-state index is -4.15. The van der Waals surface area contributed by atoms with Crippen LogP contribution in [0, 0.1) is 29.3 Å². The number of nitrogens with one attached hydrogen (secondary N) is 3. The van der Waals surface area contributed by atoms with Crippen molar-refractivity contribution in [1.82, 2.24) is 10.6 Å². The molecule has 2 bridgehead atoms. The highest BCUT2D eigenvalue weighted by molar-refractivity contribution is 7.92. The van der Waals surface area contributed by atoms with Gasteiger partial charge in [0.1, 0.15) is 11.6 Å². The van der Waals surface area contributed by atoms with Crippen LogP contribution in [0.15, 0.2) is 35.2 Å². The summed E-state index contributed by atoms with van der Waals surface area (Å²) in [6.07, 6.45) is 1.16. The zero-order chi connectivity index (χ0) is 34.2. The lowest BCUT2D eigenvalue weighted by atomic mass is 9.61. The molecule has 46 heavy (non-hydrogen) atoms. The van der Waals surface area contributed by atoms with Crippen molar-refractivity contribution in [3.63, 3.8) is 0 Å². The van der Waals surface area contributed by atoms with E-state index in [1.54, 1.807) is 20.8 Å². The van der Waals surface area contributed by atoms with E-state index >= 15 is 0 Å². The van der Waals surface area contributed by atoms with E-state index in [9.17, 15) is 41.1 Å². The Labute approximate surface area is 270 Å². The van der Waals surface area contributed by atoms with Crippen molar-refractivity contribution in [3.8, 4) is 0 Å². The molecule has 3 amide bonds. The van der Waals surface area contributed by atoms with Crippen molar-refractivity contribution in [2.45, 2.75) is 87.2 Å². The Morgan fingerprint density at radius 1 is 1.07 bits per heavy atom. The van der Waals surface area contributed by atoms with E-state index in [0.717, 1.165) is 12.5 Å². The molecule has 2 unspecified atom stereocenters. The molecule has 4 N–H and O–H groups in total. The molecule has 0 radical (unpaired) electrons. The quantitative estimate of drug-likeness (QED) is 0.281. The molecule has 2 aliphatic rings. The Morgan fingerprint density at radius 3 is 2.22 bits per heavy atom. The molecule has 0 heterocycles. The molecule has 0 aromatic heterocycles. The number of alkyl carbamates (subject to hydrolysis) is 1. The van der Waals surface area contributed by atoms with Gasteiger partial charge in [0.25, 0.3) is 5.91 Å². The van der Waals surface area contributed by atoms with Crippen LogP contribution in [0.25, 0.3) is 0 Å². The number of hydrogen-bond donors (Lipinski definition) is 4. The van der Waals surface area contributed by atoms with Gasteiger partial charge in [-0.05, 0) is 83.4 Å². The summed E-state index contributed by atoms with van der Waals surface area (Å²) < 4.78 is 73.5. The SMILES string of the molecule is C[C@H](NC(=O)OC(C)(C)C)C(=O)NC[C@]1(O)C2CCCC1C[C@@H](S(=O)(=O)c1cc(C(=O)Nc3cc(F)c(F)c(F)c3)ccc1Cl)C2. The minimum Gasteiger partial charge on any atom is -0.444 e. The van der Waals surface area contributed by atoms with E-state index in [2.05, 4.69) is 16.0 Å². The molecule has 2 aliphatic carbocycles. The first kappa shape index (κ1) is 35.5. The molecule has 0 saturated heterocycles. The summed E-state index contributed by atoms with van der Waals surface area (Å²) in [7, 11) is -4.15. The second-order valence-corrected chi connectivity index (χ2v) is 15.5. The number of hydrogen-bond acceptors (Lipinski definition) is 7. The number of halogens is 4. The number of rotatable bonds is 8. The molecule has 4 rings (SSSR count). The molecule has 0 spiro atoms. The summed E-state index contributed by atoms with van der Waals surface area (Å²) in [5.41, 5.74) is -2.69. The average Bonchev–Trinajstić information content (AvgIpc) is 2.93. The third-order valence-corrected chi connectivity index (χ3v) is 11.1. The Balaban J connectivity index is 1.47. The number of sulfone groups is 1. The molecule has 3 atom stereocenters. The van der Waals surface area contributed by atoms with Crippen molar-refractivity contribution >= 4 is 45.0 Å². The van der Waals surface area contributed by atoms with Gasteiger partial charge in [0.15, 0.2) is 27.3 Å². The molecule has 2 fully saturated rings. The number of fused-ring (bicyclic) bond motifs is 2. The highest BCUT2D eigenvalue weighted by Gasteiger charge is 2.53. The van der Waals surface area contributed by atoms with Gasteiger partial charge in [-0.25, -0.2) is 26.4 Å². The van der Waals surface area contributed by atoms with Gasteiger partial charge in [-0.3, -0.25) is 9.59 Å². The Hall–Kier alpha value is -3.36. The molecule has 2 aromatic carbocycles. The molecular formula is C31H37ClF3N3O7S. The number of aliphatic hydroxyl groups is 1. The van der Waals surface area contributed by atoms with Gasteiger partial charge >= 0.3 is 6.09 Å². The lowest BCUT2D eigenvalue weighted by Gasteiger charge is -2.51. The maximum atomic E-state index is 13.9. The van der Waals surface area contributed by atoms with E-state index in [0.29, 0.717) is 25.0 Å². The fourth-order valence-corrected chi connectivity index (χ4v) is 8.57. The monoisotopic (exact) mass is 687 g/mol. The van der Waals surface area contributed by atoms with Gasteiger partial charge in [0, 0.05) is 29.9 Å². The zero-order valence-corrected chi connectivity index (χ0v) is 27.3. The zero-order valence-electron chi connectivity index (χ0n) is 25.8. The molecule has 0 aliphatic heterocycles. The van der Waals surface area contributed by atoms with Gasteiger partial charge in [-0.1, -0.05) is 18.0 Å². The molecule has 2 saturated carbocycles. The van der Waals surface area contributed by atoms with Crippen molar-refractivity contribution < 1.29 is 45.8 Å². The summed E-state index contributed by atoms with van der Waals surface area (Å²) >= 11 is 6.30. The fourth-order valence-electron chi connectivity index (χ4n) is 6.17. The van der Waals surface area contributed by atoms with Crippen LogP contribution in [0.5, 0.6) is 0 Å². The number of carbonyl (C=O) groups is 3. The largest absolute Gasteiger partial charge is 0.444 e.